The highest BCUT2D eigenvalue weighted by molar-refractivity contribution is 7.86. The SMILES string of the molecule is CC(CCNC1C2CC3CC(C2)CC1C3)S(=O)(=O)O. The van der Waals surface area contributed by atoms with Gasteiger partial charge < -0.3 is 5.32 Å². The smallest absolute Gasteiger partial charge is 0.267 e. The van der Waals surface area contributed by atoms with E-state index >= 15 is 0 Å². The molecule has 4 nitrogen and oxygen atoms in total. The Morgan fingerprint density at radius 2 is 1.63 bits per heavy atom. The van der Waals surface area contributed by atoms with E-state index in [-0.39, 0.29) is 0 Å². The first-order chi connectivity index (χ1) is 8.93. The van der Waals surface area contributed by atoms with Gasteiger partial charge in [-0.1, -0.05) is 0 Å². The topological polar surface area (TPSA) is 66.4 Å². The van der Waals surface area contributed by atoms with Gasteiger partial charge >= 0.3 is 0 Å². The zero-order chi connectivity index (χ0) is 13.6. The van der Waals surface area contributed by atoms with Crippen LogP contribution >= 0.6 is 0 Å². The molecule has 0 amide bonds. The average molecular weight is 287 g/mol. The summed E-state index contributed by atoms with van der Waals surface area (Å²) in [5.74, 6) is 3.57. The summed E-state index contributed by atoms with van der Waals surface area (Å²) in [6.07, 6.45) is 7.45. The van der Waals surface area contributed by atoms with Crippen LogP contribution in [0.1, 0.15) is 45.4 Å². The average Bonchev–Trinajstić information content (AvgIpc) is 2.30. The monoisotopic (exact) mass is 287 g/mol. The molecule has 110 valence electrons. The molecule has 0 spiro atoms. The van der Waals surface area contributed by atoms with Gasteiger partial charge in [0, 0.05) is 6.04 Å². The predicted octanol–water partition coefficient (Wildman–Crippen LogP) is 2.07. The largest absolute Gasteiger partial charge is 0.313 e. The summed E-state index contributed by atoms with van der Waals surface area (Å²) >= 11 is 0. The molecule has 0 radical (unpaired) electrons. The highest BCUT2D eigenvalue weighted by atomic mass is 32.2. The van der Waals surface area contributed by atoms with Crippen molar-refractivity contribution >= 4 is 10.1 Å². The molecule has 4 aliphatic carbocycles. The molecule has 0 heterocycles. The van der Waals surface area contributed by atoms with Gasteiger partial charge in [-0.15, -0.1) is 0 Å². The van der Waals surface area contributed by atoms with Crippen molar-refractivity contribution in [3.05, 3.63) is 0 Å². The lowest BCUT2D eigenvalue weighted by Gasteiger charge is -2.54. The molecule has 19 heavy (non-hydrogen) atoms. The summed E-state index contributed by atoms with van der Waals surface area (Å²) in [7, 11) is -3.87. The molecular weight excluding hydrogens is 262 g/mol. The Morgan fingerprint density at radius 1 is 1.11 bits per heavy atom. The third kappa shape index (κ3) is 2.83. The van der Waals surface area contributed by atoms with Crippen molar-refractivity contribution in [2.45, 2.75) is 56.7 Å². The van der Waals surface area contributed by atoms with E-state index in [9.17, 15) is 8.42 Å². The molecule has 5 heteroatoms. The highest BCUT2D eigenvalue weighted by Gasteiger charge is 2.47. The van der Waals surface area contributed by atoms with Crippen LogP contribution in [0.5, 0.6) is 0 Å². The normalized spacial score (nSPS) is 42.5. The van der Waals surface area contributed by atoms with Crippen molar-refractivity contribution in [2.24, 2.45) is 23.7 Å². The molecule has 2 N–H and O–H groups in total. The van der Waals surface area contributed by atoms with Gasteiger partial charge in [-0.05, 0) is 75.7 Å². The molecule has 1 atom stereocenters. The summed E-state index contributed by atoms with van der Waals surface area (Å²) in [5.41, 5.74) is 0. The summed E-state index contributed by atoms with van der Waals surface area (Å²) in [4.78, 5) is 0. The van der Waals surface area contributed by atoms with E-state index in [1.54, 1.807) is 6.92 Å². The van der Waals surface area contributed by atoms with E-state index in [0.29, 0.717) is 19.0 Å². The predicted molar refractivity (Wildman–Crippen MR) is 74.5 cm³/mol. The number of nitrogens with one attached hydrogen (secondary N) is 1. The maximum atomic E-state index is 11.0. The lowest BCUT2D eigenvalue weighted by Crippen LogP contribution is -2.54. The fourth-order valence-electron chi connectivity index (χ4n) is 4.86. The fourth-order valence-corrected chi connectivity index (χ4v) is 5.28. The van der Waals surface area contributed by atoms with Crippen LogP contribution in [0.2, 0.25) is 0 Å². The van der Waals surface area contributed by atoms with Crippen LogP contribution in [0.4, 0.5) is 0 Å². The molecule has 1 unspecified atom stereocenters. The Kier molecular flexibility index (Phi) is 3.65. The zero-order valence-corrected chi connectivity index (χ0v) is 12.4. The Labute approximate surface area is 116 Å². The number of hydrogen-bond donors (Lipinski definition) is 2. The van der Waals surface area contributed by atoms with Crippen LogP contribution in [-0.2, 0) is 10.1 Å². The first-order valence-corrected chi connectivity index (χ1v) is 9.13. The molecule has 4 rings (SSSR count). The van der Waals surface area contributed by atoms with Crippen LogP contribution in [0.25, 0.3) is 0 Å². The van der Waals surface area contributed by atoms with Crippen molar-refractivity contribution in [3.8, 4) is 0 Å². The number of hydrogen-bond acceptors (Lipinski definition) is 3. The molecule has 0 saturated heterocycles. The lowest BCUT2D eigenvalue weighted by molar-refractivity contribution is -0.0135. The quantitative estimate of drug-likeness (QED) is 0.760. The molecule has 4 aliphatic rings. The second-order valence-electron chi connectivity index (χ2n) is 7.02. The van der Waals surface area contributed by atoms with Gasteiger partial charge in [-0.25, -0.2) is 0 Å². The molecule has 0 aliphatic heterocycles. The van der Waals surface area contributed by atoms with Crippen molar-refractivity contribution in [1.29, 1.82) is 0 Å². The van der Waals surface area contributed by atoms with E-state index in [0.717, 1.165) is 23.7 Å². The number of rotatable bonds is 5. The first kappa shape index (κ1) is 13.8. The lowest BCUT2D eigenvalue weighted by atomic mass is 9.54. The third-order valence-electron chi connectivity index (χ3n) is 5.67. The molecule has 0 aromatic carbocycles. The first-order valence-electron chi connectivity index (χ1n) is 7.63. The Hall–Kier alpha value is -0.130. The van der Waals surface area contributed by atoms with E-state index < -0.39 is 15.4 Å². The highest BCUT2D eigenvalue weighted by Crippen LogP contribution is 2.53. The van der Waals surface area contributed by atoms with Crippen LogP contribution in [0.15, 0.2) is 0 Å². The molecule has 0 aromatic rings. The molecule has 4 saturated carbocycles. The third-order valence-corrected chi connectivity index (χ3v) is 6.92. The molecule has 0 aromatic heterocycles. The maximum Gasteiger partial charge on any atom is 0.267 e. The van der Waals surface area contributed by atoms with Crippen molar-refractivity contribution in [1.82, 2.24) is 5.32 Å². The van der Waals surface area contributed by atoms with Crippen molar-refractivity contribution in [2.75, 3.05) is 6.54 Å². The maximum absolute atomic E-state index is 11.0. The summed E-state index contributed by atoms with van der Waals surface area (Å²) in [6, 6.07) is 0.599. The standard InChI is InChI=1S/C14H25NO3S/c1-9(19(16,17)18)2-3-15-14-12-5-10-4-11(7-12)8-13(14)6-10/h9-15H,2-8H2,1H3,(H,16,17,18). The Bertz CT molecular complexity index is 406. The van der Waals surface area contributed by atoms with Gasteiger partial charge in [0.25, 0.3) is 10.1 Å². The van der Waals surface area contributed by atoms with Crippen LogP contribution < -0.4 is 5.32 Å². The minimum atomic E-state index is -3.87. The summed E-state index contributed by atoms with van der Waals surface area (Å²) in [5, 5.41) is 2.94. The molecular formula is C14H25NO3S. The zero-order valence-electron chi connectivity index (χ0n) is 11.6. The van der Waals surface area contributed by atoms with Crippen LogP contribution in [0.3, 0.4) is 0 Å². The Morgan fingerprint density at radius 3 is 2.11 bits per heavy atom. The molecule has 4 bridgehead atoms. The molecule has 4 fully saturated rings. The summed E-state index contributed by atoms with van der Waals surface area (Å²) in [6.45, 7) is 2.28. The summed E-state index contributed by atoms with van der Waals surface area (Å²) < 4.78 is 30.9. The van der Waals surface area contributed by atoms with Crippen molar-refractivity contribution < 1.29 is 13.0 Å². The minimum absolute atomic E-state index is 0.502. The van der Waals surface area contributed by atoms with E-state index in [4.69, 9.17) is 4.55 Å². The van der Waals surface area contributed by atoms with Crippen LogP contribution in [-0.4, -0.2) is 30.8 Å². The van der Waals surface area contributed by atoms with Gasteiger partial charge in [-0.3, -0.25) is 4.55 Å². The van der Waals surface area contributed by atoms with Gasteiger partial charge in [-0.2, -0.15) is 8.42 Å². The second kappa shape index (κ2) is 5.01. The van der Waals surface area contributed by atoms with Gasteiger partial charge in [0.1, 0.15) is 0 Å². The minimum Gasteiger partial charge on any atom is -0.313 e. The van der Waals surface area contributed by atoms with Crippen molar-refractivity contribution in [3.63, 3.8) is 0 Å². The Balaban J connectivity index is 1.51. The van der Waals surface area contributed by atoms with Gasteiger partial charge in [0.2, 0.25) is 0 Å². The second-order valence-corrected chi connectivity index (χ2v) is 8.86. The van der Waals surface area contributed by atoms with Crippen LogP contribution in [0, 0.1) is 23.7 Å². The van der Waals surface area contributed by atoms with E-state index in [1.807, 2.05) is 0 Å². The van der Waals surface area contributed by atoms with Gasteiger partial charge in [0.15, 0.2) is 0 Å². The fraction of sp³-hybridized carbons (Fsp3) is 1.00. The van der Waals surface area contributed by atoms with E-state index in [2.05, 4.69) is 5.32 Å². The van der Waals surface area contributed by atoms with Gasteiger partial charge in [0.05, 0.1) is 5.25 Å². The van der Waals surface area contributed by atoms with E-state index in [1.165, 1.54) is 32.1 Å².